The van der Waals surface area contributed by atoms with Gasteiger partial charge in [0.1, 0.15) is 5.75 Å². The molecule has 1 heterocycles. The van der Waals surface area contributed by atoms with Crippen LogP contribution in [-0.2, 0) is 11.2 Å². The zero-order chi connectivity index (χ0) is 18.0. The van der Waals surface area contributed by atoms with E-state index in [1.54, 1.807) is 7.11 Å². The lowest BCUT2D eigenvalue weighted by atomic mass is 10.1. The summed E-state index contributed by atoms with van der Waals surface area (Å²) in [5, 5.41) is -0.267. The minimum atomic E-state index is -0.271. The number of rotatable bonds is 4. The van der Waals surface area contributed by atoms with Crippen LogP contribution < -0.4 is 9.64 Å². The van der Waals surface area contributed by atoms with Crippen LogP contribution in [0.1, 0.15) is 25.0 Å². The summed E-state index contributed by atoms with van der Waals surface area (Å²) in [5.41, 5.74) is 3.46. The molecule has 0 unspecified atom stereocenters. The second-order valence-corrected chi connectivity index (χ2v) is 6.67. The van der Waals surface area contributed by atoms with Crippen molar-refractivity contribution in [3.63, 3.8) is 0 Å². The highest BCUT2D eigenvalue weighted by molar-refractivity contribution is 8.19. The zero-order valence-electron chi connectivity index (χ0n) is 14.4. The molecule has 2 aromatic carbocycles. The fraction of sp³-hybridized carbons (Fsp3) is 0.200. The van der Waals surface area contributed by atoms with Gasteiger partial charge in [0.2, 0.25) is 0 Å². The SMILES string of the molecule is CCc1ccc(N2C(=O)S/C(=C(/C)c3ccc(OC)cc3)C2=O)cc1. The lowest BCUT2D eigenvalue weighted by molar-refractivity contribution is -0.113. The largest absolute Gasteiger partial charge is 0.497 e. The van der Waals surface area contributed by atoms with E-state index in [0.29, 0.717) is 10.6 Å². The van der Waals surface area contributed by atoms with Crippen molar-refractivity contribution >= 4 is 34.2 Å². The Labute approximate surface area is 151 Å². The van der Waals surface area contributed by atoms with Crippen molar-refractivity contribution in [2.75, 3.05) is 12.0 Å². The van der Waals surface area contributed by atoms with Crippen LogP contribution in [0.4, 0.5) is 10.5 Å². The van der Waals surface area contributed by atoms with Crippen LogP contribution >= 0.6 is 11.8 Å². The number of carbonyl (C=O) groups excluding carboxylic acids is 2. The molecule has 128 valence electrons. The number of allylic oxidation sites excluding steroid dienone is 1. The van der Waals surface area contributed by atoms with Gasteiger partial charge in [-0.25, -0.2) is 4.90 Å². The van der Waals surface area contributed by atoms with Gasteiger partial charge in [0.05, 0.1) is 17.7 Å². The van der Waals surface area contributed by atoms with Crippen molar-refractivity contribution in [2.24, 2.45) is 0 Å². The van der Waals surface area contributed by atoms with E-state index in [9.17, 15) is 9.59 Å². The number of carbonyl (C=O) groups is 2. The van der Waals surface area contributed by atoms with Crippen LogP contribution in [0.3, 0.4) is 0 Å². The highest BCUT2D eigenvalue weighted by Crippen LogP contribution is 2.39. The van der Waals surface area contributed by atoms with Crippen molar-refractivity contribution in [1.82, 2.24) is 0 Å². The number of benzene rings is 2. The number of anilines is 1. The molecule has 0 radical (unpaired) electrons. The topological polar surface area (TPSA) is 46.6 Å². The minimum Gasteiger partial charge on any atom is -0.497 e. The second-order valence-electron chi connectivity index (χ2n) is 5.71. The average Bonchev–Trinajstić information content (AvgIpc) is 2.95. The van der Waals surface area contributed by atoms with Crippen LogP contribution in [0, 0.1) is 0 Å². The number of hydrogen-bond acceptors (Lipinski definition) is 4. The minimum absolute atomic E-state index is 0.267. The first-order valence-corrected chi connectivity index (χ1v) is 8.87. The van der Waals surface area contributed by atoms with E-state index in [-0.39, 0.29) is 11.1 Å². The average molecular weight is 353 g/mol. The van der Waals surface area contributed by atoms with Crippen LogP contribution in [0.2, 0.25) is 0 Å². The lowest BCUT2D eigenvalue weighted by Crippen LogP contribution is -2.27. The molecule has 5 heteroatoms. The Hall–Kier alpha value is -2.53. The van der Waals surface area contributed by atoms with Crippen molar-refractivity contribution in [1.29, 1.82) is 0 Å². The molecule has 0 saturated carbocycles. The number of amides is 2. The van der Waals surface area contributed by atoms with Gasteiger partial charge in [-0.2, -0.15) is 0 Å². The van der Waals surface area contributed by atoms with Crippen molar-refractivity contribution in [2.45, 2.75) is 20.3 Å². The number of hydrogen-bond donors (Lipinski definition) is 0. The summed E-state index contributed by atoms with van der Waals surface area (Å²) >= 11 is 0.985. The molecular formula is C20H19NO3S. The highest BCUT2D eigenvalue weighted by atomic mass is 32.2. The predicted molar refractivity (Wildman–Crippen MR) is 102 cm³/mol. The monoisotopic (exact) mass is 353 g/mol. The Kier molecular flexibility index (Phi) is 4.95. The van der Waals surface area contributed by atoms with Gasteiger partial charge in [0, 0.05) is 0 Å². The van der Waals surface area contributed by atoms with Gasteiger partial charge >= 0.3 is 0 Å². The van der Waals surface area contributed by atoms with E-state index in [1.165, 1.54) is 10.5 Å². The maximum absolute atomic E-state index is 12.8. The van der Waals surface area contributed by atoms with Gasteiger partial charge in [-0.1, -0.05) is 31.2 Å². The second kappa shape index (κ2) is 7.15. The third-order valence-electron chi connectivity index (χ3n) is 4.24. The first kappa shape index (κ1) is 17.3. The Morgan fingerprint density at radius 1 is 1.04 bits per heavy atom. The molecule has 0 N–H and O–H groups in total. The van der Waals surface area contributed by atoms with E-state index in [2.05, 4.69) is 6.92 Å². The molecule has 1 fully saturated rings. The third-order valence-corrected chi connectivity index (χ3v) is 5.28. The molecule has 3 rings (SSSR count). The summed E-state index contributed by atoms with van der Waals surface area (Å²) in [6.07, 6.45) is 0.915. The van der Waals surface area contributed by atoms with E-state index in [0.717, 1.165) is 35.1 Å². The van der Waals surface area contributed by atoms with Crippen LogP contribution in [0.15, 0.2) is 53.4 Å². The van der Waals surface area contributed by atoms with Gasteiger partial charge < -0.3 is 4.74 Å². The smallest absolute Gasteiger partial charge is 0.298 e. The van der Waals surface area contributed by atoms with E-state index >= 15 is 0 Å². The van der Waals surface area contributed by atoms with Crippen LogP contribution in [0.25, 0.3) is 5.57 Å². The molecule has 2 amide bonds. The van der Waals surface area contributed by atoms with Gasteiger partial charge in [0.25, 0.3) is 11.1 Å². The molecule has 1 aliphatic heterocycles. The lowest BCUT2D eigenvalue weighted by Gasteiger charge is -2.13. The van der Waals surface area contributed by atoms with Crippen molar-refractivity contribution in [3.8, 4) is 5.75 Å². The third kappa shape index (κ3) is 3.33. The molecule has 2 aromatic rings. The van der Waals surface area contributed by atoms with E-state index in [4.69, 9.17) is 4.74 Å². The Balaban J connectivity index is 1.93. The maximum Gasteiger partial charge on any atom is 0.298 e. The van der Waals surface area contributed by atoms with Gasteiger partial charge in [-0.15, -0.1) is 0 Å². The summed E-state index contributed by atoms with van der Waals surface area (Å²) < 4.78 is 5.16. The first-order chi connectivity index (χ1) is 12.0. The zero-order valence-corrected chi connectivity index (χ0v) is 15.2. The van der Waals surface area contributed by atoms with Crippen molar-refractivity contribution in [3.05, 3.63) is 64.6 Å². The molecule has 0 bridgehead atoms. The number of methoxy groups -OCH3 is 1. The molecule has 0 atom stereocenters. The molecule has 1 saturated heterocycles. The number of ether oxygens (including phenoxy) is 1. The summed E-state index contributed by atoms with van der Waals surface area (Å²) in [6.45, 7) is 3.93. The molecule has 0 aliphatic carbocycles. The Bertz CT molecular complexity index is 838. The molecule has 1 aliphatic rings. The molecule has 25 heavy (non-hydrogen) atoms. The van der Waals surface area contributed by atoms with Gasteiger partial charge in [-0.3, -0.25) is 9.59 Å². The summed E-state index contributed by atoms with van der Waals surface area (Å²) in [4.78, 5) is 26.9. The molecule has 0 spiro atoms. The quantitative estimate of drug-likeness (QED) is 0.734. The molecule has 4 nitrogen and oxygen atoms in total. The fourth-order valence-electron chi connectivity index (χ4n) is 2.67. The normalized spacial score (nSPS) is 16.4. The highest BCUT2D eigenvalue weighted by Gasteiger charge is 2.37. The fourth-order valence-corrected chi connectivity index (χ4v) is 3.58. The van der Waals surface area contributed by atoms with Crippen LogP contribution in [-0.4, -0.2) is 18.3 Å². The summed E-state index contributed by atoms with van der Waals surface area (Å²) in [6, 6.07) is 15.0. The summed E-state index contributed by atoms with van der Waals surface area (Å²) in [5.74, 6) is 0.480. The number of nitrogens with zero attached hydrogens (tertiary/aromatic N) is 1. The number of aryl methyl sites for hydroxylation is 1. The molecular weight excluding hydrogens is 334 g/mol. The van der Waals surface area contributed by atoms with Crippen LogP contribution in [0.5, 0.6) is 5.75 Å². The Morgan fingerprint density at radius 2 is 1.68 bits per heavy atom. The number of imide groups is 1. The first-order valence-electron chi connectivity index (χ1n) is 8.05. The van der Waals surface area contributed by atoms with Crippen molar-refractivity contribution < 1.29 is 14.3 Å². The number of thioether (sulfide) groups is 1. The van der Waals surface area contributed by atoms with E-state index < -0.39 is 0 Å². The van der Waals surface area contributed by atoms with Gasteiger partial charge in [-0.05, 0) is 66.1 Å². The standard InChI is InChI=1S/C20H19NO3S/c1-4-14-5-9-16(10-6-14)21-19(22)18(25-20(21)23)13(2)15-7-11-17(24-3)12-8-15/h5-12H,4H2,1-3H3/b18-13-. The summed E-state index contributed by atoms with van der Waals surface area (Å²) in [7, 11) is 1.61. The van der Waals surface area contributed by atoms with E-state index in [1.807, 2.05) is 55.5 Å². The molecule has 0 aromatic heterocycles. The van der Waals surface area contributed by atoms with Gasteiger partial charge in [0.15, 0.2) is 0 Å². The Morgan fingerprint density at radius 3 is 2.24 bits per heavy atom. The predicted octanol–water partition coefficient (Wildman–Crippen LogP) is 4.89. The maximum atomic E-state index is 12.8.